The largest absolute Gasteiger partial charge is 0.497 e. The van der Waals surface area contributed by atoms with Crippen molar-refractivity contribution in [2.45, 2.75) is 147 Å². The number of fused-ring (bicyclic) bond motifs is 15. The summed E-state index contributed by atoms with van der Waals surface area (Å²) in [6.45, 7) is 27.8. The molecule has 3 saturated heterocycles. The second kappa shape index (κ2) is 47.5. The predicted octanol–water partition coefficient (Wildman–Crippen LogP) is 15.2. The second-order valence-electron chi connectivity index (χ2n) is 34.9. The van der Waals surface area contributed by atoms with Crippen LogP contribution in [0.15, 0.2) is 189 Å². The third kappa shape index (κ3) is 22.9. The predicted molar refractivity (Wildman–Crippen MR) is 541 cm³/mol. The zero-order valence-electron chi connectivity index (χ0n) is 80.5. The molecule has 7 aliphatic rings. The average molecular weight is 1960 g/mol. The molecule has 3 N–H and O–H groups in total. The third-order valence-electron chi connectivity index (χ3n) is 26.1. The van der Waals surface area contributed by atoms with E-state index < -0.39 is 16.8 Å². The number of nitriles is 1. The summed E-state index contributed by atoms with van der Waals surface area (Å²) in [4.78, 5) is 122. The van der Waals surface area contributed by atoms with Crippen molar-refractivity contribution in [3.63, 3.8) is 0 Å². The van der Waals surface area contributed by atoms with Gasteiger partial charge in [-0.2, -0.15) is 10.2 Å². The van der Waals surface area contributed by atoms with E-state index in [-0.39, 0.29) is 64.5 Å². The second-order valence-corrected chi connectivity index (χ2v) is 39.0. The average Bonchev–Trinajstić information content (AvgIpc) is 0.726. The Morgan fingerprint density at radius 3 is 1.25 bits per heavy atom. The smallest absolute Gasteiger partial charge is 0.325 e. The molecule has 4 aromatic heterocycles. The number of anilines is 1. The maximum atomic E-state index is 14.2. The summed E-state index contributed by atoms with van der Waals surface area (Å²) in [6.07, 6.45) is 13.7. The highest BCUT2D eigenvalue weighted by atomic mass is 32.2. The lowest BCUT2D eigenvalue weighted by atomic mass is 9.64. The Labute approximate surface area is 822 Å². The lowest BCUT2D eigenvalue weighted by Crippen LogP contribution is -2.52. The summed E-state index contributed by atoms with van der Waals surface area (Å²) in [5, 5.41) is 19.7. The number of aromatic nitrogens is 8. The highest BCUT2D eigenvalue weighted by molar-refractivity contribution is 7.99. The Morgan fingerprint density at radius 2 is 0.870 bits per heavy atom. The lowest BCUT2D eigenvalue weighted by Gasteiger charge is -2.45. The van der Waals surface area contributed by atoms with E-state index in [1.165, 1.54) is 52.6 Å². The number of hydrogen-bond acceptors (Lipinski definition) is 26. The van der Waals surface area contributed by atoms with Crippen LogP contribution in [0.5, 0.6) is 28.9 Å². The number of para-hydroxylation sites is 1. The van der Waals surface area contributed by atoms with Crippen LogP contribution in [-0.4, -0.2) is 236 Å². The van der Waals surface area contributed by atoms with Crippen LogP contribution in [0.3, 0.4) is 0 Å². The van der Waals surface area contributed by atoms with Crippen molar-refractivity contribution in [3.05, 3.63) is 229 Å². The van der Waals surface area contributed by atoms with Gasteiger partial charge in [-0.3, -0.25) is 32.9 Å². The highest BCUT2D eigenvalue weighted by Crippen LogP contribution is 2.53. The van der Waals surface area contributed by atoms with Crippen molar-refractivity contribution in [1.82, 2.24) is 64.0 Å². The molecule has 7 heterocycles. The molecule has 3 fully saturated rings. The fourth-order valence-corrected chi connectivity index (χ4v) is 22.6. The van der Waals surface area contributed by atoms with E-state index >= 15 is 0 Å². The highest BCUT2D eigenvalue weighted by Gasteiger charge is 2.50. The molecule has 0 atom stereocenters. The van der Waals surface area contributed by atoms with Crippen molar-refractivity contribution >= 4 is 76.8 Å². The Morgan fingerprint density at radius 1 is 0.471 bits per heavy atom. The summed E-state index contributed by atoms with van der Waals surface area (Å²) >= 11 is 5.82. The van der Waals surface area contributed by atoms with Gasteiger partial charge in [0.1, 0.15) is 36.1 Å². The van der Waals surface area contributed by atoms with Crippen LogP contribution in [-0.2, 0) is 90.7 Å². The number of likely N-dealkylation sites (tertiary alicyclic amines) is 3. The molecule has 5 aromatic carbocycles. The SMILES string of the molecule is C=CCOc1nc(SCC#N)nc2c1C(C)(C)Cc1ccc(OC)cc1-2.C=CCn1c(SCCOC)nc2c(c1=O)C1(CCN(C(=O)NC)CC1)Cc1cc(OC)ccc1-2.C=CCn1c(SCCOC)nc2c(c1=O)C1(CCN(C(=O)NCC(=O)OCC)CC1)Cc1cc(OC)ccc1-2.C=CCn1c(SCCOC)nc2c(c1=O)C1(CCN(C(=O)Nc3ccccc3)CC1)Cc1cc(OC)ccc1-2. The zero-order chi connectivity index (χ0) is 98.4. The topological polar surface area (TPSA) is 351 Å². The zero-order valence-corrected chi connectivity index (χ0v) is 83.8. The normalized spacial score (nSPS) is 15.2. The summed E-state index contributed by atoms with van der Waals surface area (Å²) in [5.74, 6) is 5.52. The number of nitrogens with one attached hydrogen (secondary N) is 3. The van der Waals surface area contributed by atoms with Gasteiger partial charge < -0.3 is 73.3 Å². The molecule has 35 heteroatoms. The van der Waals surface area contributed by atoms with Gasteiger partial charge in [0.15, 0.2) is 20.6 Å². The van der Waals surface area contributed by atoms with E-state index in [9.17, 15) is 33.6 Å². The molecule has 0 radical (unpaired) electrons. The van der Waals surface area contributed by atoms with Crippen LogP contribution < -0.4 is 56.3 Å². The molecule has 730 valence electrons. The summed E-state index contributed by atoms with van der Waals surface area (Å²) in [7, 11) is 13.2. The Kier molecular flexibility index (Phi) is 35.5. The van der Waals surface area contributed by atoms with Crippen LogP contribution in [0.25, 0.3) is 45.0 Å². The first kappa shape index (κ1) is 103. The molecule has 6 amide bonds. The maximum absolute atomic E-state index is 14.2. The Balaban J connectivity index is 0.000000157. The fourth-order valence-electron chi connectivity index (χ4n) is 19.4. The van der Waals surface area contributed by atoms with Crippen LogP contribution >= 0.6 is 47.0 Å². The molecule has 0 bridgehead atoms. The lowest BCUT2D eigenvalue weighted by molar-refractivity contribution is -0.141. The number of rotatable bonds is 31. The van der Waals surface area contributed by atoms with Gasteiger partial charge in [0.05, 0.1) is 106 Å². The summed E-state index contributed by atoms with van der Waals surface area (Å²) < 4.78 is 53.5. The van der Waals surface area contributed by atoms with Gasteiger partial charge in [-0.05, 0) is 172 Å². The molecule has 0 saturated carbocycles. The monoisotopic (exact) mass is 1950 g/mol. The first-order chi connectivity index (χ1) is 66.8. The number of amides is 6. The van der Waals surface area contributed by atoms with Gasteiger partial charge in [-0.25, -0.2) is 34.3 Å². The number of hydrogen-bond donors (Lipinski definition) is 3. The Hall–Kier alpha value is -12.2. The number of urea groups is 3. The van der Waals surface area contributed by atoms with Gasteiger partial charge in [-0.1, -0.05) is 116 Å². The van der Waals surface area contributed by atoms with Crippen molar-refractivity contribution in [2.24, 2.45) is 0 Å². The van der Waals surface area contributed by atoms with Crippen molar-refractivity contribution in [2.75, 3.05) is 164 Å². The minimum Gasteiger partial charge on any atom is -0.497 e. The molecule has 3 spiro atoms. The molecular weight excluding hydrogens is 1830 g/mol. The van der Waals surface area contributed by atoms with Crippen LogP contribution in [0.1, 0.15) is 104 Å². The summed E-state index contributed by atoms with van der Waals surface area (Å²) in [6, 6.07) is 35.0. The van der Waals surface area contributed by atoms with E-state index in [0.29, 0.717) is 192 Å². The molecule has 16 rings (SSSR count). The van der Waals surface area contributed by atoms with Gasteiger partial charge in [-0.15, -0.1) is 19.7 Å². The number of allylic oxidation sites excluding steroid dienone is 3. The number of nitrogens with zero attached hydrogens (tertiary/aromatic N) is 12. The van der Waals surface area contributed by atoms with E-state index in [1.54, 1.807) is 107 Å². The van der Waals surface area contributed by atoms with Crippen molar-refractivity contribution < 1.29 is 61.8 Å². The van der Waals surface area contributed by atoms with Crippen LogP contribution in [0.2, 0.25) is 0 Å². The molecule has 31 nitrogen and oxygen atoms in total. The molecule has 9 aromatic rings. The first-order valence-corrected chi connectivity index (χ1v) is 50.0. The van der Waals surface area contributed by atoms with E-state index in [4.69, 9.17) is 67.8 Å². The number of piperidine rings is 3. The van der Waals surface area contributed by atoms with Crippen molar-refractivity contribution in [1.29, 1.82) is 5.26 Å². The van der Waals surface area contributed by atoms with E-state index in [1.807, 2.05) is 94.7 Å². The standard InChI is InChI=1S/C30H34N4O4S.C28H36N4O6S.C25H32N4O4S.C20H21N3O2S/c1-4-14-34-27(35)25-26(32-29(34)39-18-17-37-2)24-11-10-23(38-3)19-21(24)20-30(25)12-15-33(16-13-30)28(36)31-22-8-6-5-7-9-22;1-5-11-32-25(34)23-24(30-27(32)39-15-14-36-3)21-8-7-20(37-4)16-19(21)17-28(23)9-12-31(13-10-28)26(35)29-18-22(33)38-6-2;1-5-10-29-22(30)20-21(27-24(29)34-14-13-32-3)19-7-6-18(33-4)15-17(19)16-25(20)8-11-28(12-9-25)23(31)26-2;1-5-9-25-18-16-17(22-19(23-18)26-10-8-21)15-11-14(24-4)7-6-13(15)12-20(16,2)3/h4-11,19H,1,12-18,20H2,2-3H3,(H,31,36);5,7-8,16H,1,6,9-15,17-18H2,2-4H3,(H,29,35);5-7,15H,1,8-14,16H2,2-4H3,(H,26,31);5-7,11H,1,9-10,12H2,2-4H3. The van der Waals surface area contributed by atoms with Gasteiger partial charge in [0.2, 0.25) is 5.88 Å². The van der Waals surface area contributed by atoms with Gasteiger partial charge in [0.25, 0.3) is 16.7 Å². The third-order valence-corrected chi connectivity index (χ3v) is 29.6. The fraction of sp³-hybridized carbons (Fsp3) is 0.427. The minimum atomic E-state index is -0.491. The van der Waals surface area contributed by atoms with Crippen molar-refractivity contribution in [3.8, 4) is 80.0 Å². The molecule has 3 aliphatic heterocycles. The maximum Gasteiger partial charge on any atom is 0.325 e. The number of thioether (sulfide) groups is 4. The minimum absolute atomic E-state index is 0.0142. The Bertz CT molecular complexity index is 6200. The first-order valence-electron chi connectivity index (χ1n) is 46.1. The number of benzene rings is 5. The van der Waals surface area contributed by atoms with E-state index in [2.05, 4.69) is 85.4 Å². The molecule has 0 unspecified atom stereocenters. The van der Waals surface area contributed by atoms with E-state index in [0.717, 1.165) is 114 Å². The van der Waals surface area contributed by atoms with Crippen LogP contribution in [0.4, 0.5) is 20.1 Å². The summed E-state index contributed by atoms with van der Waals surface area (Å²) in [5.41, 5.74) is 13.9. The number of esters is 1. The number of ether oxygens (including phenoxy) is 9. The molecule has 4 aliphatic carbocycles. The van der Waals surface area contributed by atoms with Gasteiger partial charge >= 0.3 is 24.1 Å². The molecule has 138 heavy (non-hydrogen) atoms. The quantitative estimate of drug-likeness (QED) is 0.0119. The number of carbonyl (C=O) groups is 4. The van der Waals surface area contributed by atoms with Gasteiger partial charge in [0, 0.05) is 160 Å². The molecular formula is C103H123N15O16S4. The van der Waals surface area contributed by atoms with Crippen LogP contribution in [0, 0.1) is 11.3 Å². The number of carbonyl (C=O) groups excluding carboxylic acids is 4. The number of methoxy groups -OCH3 is 7.